The number of aromatic nitrogens is 7. The van der Waals surface area contributed by atoms with E-state index in [0.29, 0.717) is 12.5 Å². The summed E-state index contributed by atoms with van der Waals surface area (Å²) < 4.78 is 17.0. The molecule has 5 aromatic rings. The van der Waals surface area contributed by atoms with Gasteiger partial charge in [-0.3, -0.25) is 4.68 Å². The number of nitrogens with zero attached hydrogens (tertiary/aromatic N) is 9. The first kappa shape index (κ1) is 26.8. The van der Waals surface area contributed by atoms with Gasteiger partial charge in [0.2, 0.25) is 5.95 Å². The molecule has 12 heteroatoms. The lowest BCUT2D eigenvalue weighted by Gasteiger charge is -2.35. The maximum atomic E-state index is 13.4. The van der Waals surface area contributed by atoms with Gasteiger partial charge in [0.05, 0.1) is 23.9 Å². The zero-order valence-electron chi connectivity index (χ0n) is 23.3. The van der Waals surface area contributed by atoms with Crippen LogP contribution in [0.2, 0.25) is 0 Å². The minimum Gasteiger partial charge on any atom is -0.389 e. The molecule has 0 saturated carbocycles. The summed E-state index contributed by atoms with van der Waals surface area (Å²) in [7, 11) is 0. The van der Waals surface area contributed by atoms with Gasteiger partial charge in [-0.25, -0.2) is 23.9 Å². The molecule has 212 valence electrons. The second-order valence-electron chi connectivity index (χ2n) is 11.3. The topological polar surface area (TPSA) is 127 Å². The molecule has 0 aliphatic carbocycles. The van der Waals surface area contributed by atoms with Gasteiger partial charge in [-0.1, -0.05) is 12.1 Å². The summed E-state index contributed by atoms with van der Waals surface area (Å²) in [4.78, 5) is 18.2. The van der Waals surface area contributed by atoms with Gasteiger partial charge in [0.15, 0.2) is 5.82 Å². The molecule has 0 bridgehead atoms. The summed E-state index contributed by atoms with van der Waals surface area (Å²) >= 11 is 0. The van der Waals surface area contributed by atoms with Crippen molar-refractivity contribution >= 4 is 17.3 Å². The molecule has 1 saturated heterocycles. The van der Waals surface area contributed by atoms with Gasteiger partial charge >= 0.3 is 0 Å². The second kappa shape index (κ2) is 10.2. The first-order valence-corrected chi connectivity index (χ1v) is 13.5. The van der Waals surface area contributed by atoms with Crippen LogP contribution in [-0.4, -0.2) is 71.2 Å². The number of fused-ring (bicyclic) bond motifs is 1. The number of halogens is 1. The number of piperazine rings is 1. The van der Waals surface area contributed by atoms with E-state index in [0.717, 1.165) is 59.8 Å². The van der Waals surface area contributed by atoms with Crippen molar-refractivity contribution in [1.82, 2.24) is 34.3 Å². The van der Waals surface area contributed by atoms with E-state index >= 15 is 0 Å². The Balaban J connectivity index is 1.15. The van der Waals surface area contributed by atoms with E-state index in [1.54, 1.807) is 55.6 Å². The second-order valence-corrected chi connectivity index (χ2v) is 11.3. The van der Waals surface area contributed by atoms with Crippen LogP contribution in [-0.2, 0) is 12.1 Å². The number of anilines is 2. The molecule has 5 heterocycles. The highest BCUT2D eigenvalue weighted by atomic mass is 19.1. The number of hydrogen-bond acceptors (Lipinski definition) is 9. The SMILES string of the molecule is CC(C)(O)Cn1cc(-c2cc3c(N4CCN(c5ncc([C@@](C)(N)c6ccc(F)cc6)cn5)CC4)ncnn3c2)cn1. The van der Waals surface area contributed by atoms with Crippen molar-refractivity contribution in [3.63, 3.8) is 0 Å². The van der Waals surface area contributed by atoms with Crippen molar-refractivity contribution in [1.29, 1.82) is 0 Å². The largest absolute Gasteiger partial charge is 0.389 e. The van der Waals surface area contributed by atoms with E-state index < -0.39 is 11.1 Å². The maximum Gasteiger partial charge on any atom is 0.225 e. The van der Waals surface area contributed by atoms with Crippen molar-refractivity contribution < 1.29 is 9.50 Å². The molecule has 1 atom stereocenters. The molecule has 41 heavy (non-hydrogen) atoms. The van der Waals surface area contributed by atoms with Gasteiger partial charge in [-0.05, 0) is 44.5 Å². The molecular weight excluding hydrogens is 523 g/mol. The predicted molar refractivity (Wildman–Crippen MR) is 154 cm³/mol. The van der Waals surface area contributed by atoms with Crippen LogP contribution in [0.1, 0.15) is 31.9 Å². The zero-order chi connectivity index (χ0) is 28.8. The molecule has 1 fully saturated rings. The Morgan fingerprint density at radius 3 is 2.22 bits per heavy atom. The highest BCUT2D eigenvalue weighted by Crippen LogP contribution is 2.29. The average Bonchev–Trinajstić information content (AvgIpc) is 3.59. The number of benzene rings is 1. The van der Waals surface area contributed by atoms with Gasteiger partial charge in [0.25, 0.3) is 0 Å². The highest BCUT2D eigenvalue weighted by Gasteiger charge is 2.27. The van der Waals surface area contributed by atoms with Crippen molar-refractivity contribution in [3.05, 3.63) is 84.6 Å². The minimum absolute atomic E-state index is 0.300. The van der Waals surface area contributed by atoms with E-state index in [4.69, 9.17) is 5.73 Å². The fourth-order valence-corrected chi connectivity index (χ4v) is 5.15. The Morgan fingerprint density at radius 2 is 1.54 bits per heavy atom. The Morgan fingerprint density at radius 1 is 0.854 bits per heavy atom. The number of nitrogens with two attached hydrogens (primary N) is 1. The van der Waals surface area contributed by atoms with Gasteiger partial charge in [0, 0.05) is 67.7 Å². The van der Waals surface area contributed by atoms with Gasteiger partial charge in [-0.2, -0.15) is 10.2 Å². The standard InChI is InChI=1S/C29H33FN10O/c1-28(2,41)18-39-16-21(13-35-39)20-12-25-26(34-19-36-40(25)17-20)37-8-10-38(11-9-37)27-32-14-23(15-33-27)29(3,31)22-4-6-24(30)7-5-22/h4-7,12-17,19,41H,8-11,18,31H2,1-3H3/t29-/m0/s1. The summed E-state index contributed by atoms with van der Waals surface area (Å²) in [6.45, 7) is 8.73. The molecular formula is C29H33FN10O. The van der Waals surface area contributed by atoms with Crippen molar-refractivity contribution in [2.75, 3.05) is 36.0 Å². The van der Waals surface area contributed by atoms with Crippen LogP contribution in [0.15, 0.2) is 67.6 Å². The molecule has 1 aliphatic heterocycles. The fourth-order valence-electron chi connectivity index (χ4n) is 5.15. The molecule has 3 N–H and O–H groups in total. The number of aliphatic hydroxyl groups is 1. The van der Waals surface area contributed by atoms with Crippen LogP contribution < -0.4 is 15.5 Å². The van der Waals surface area contributed by atoms with Gasteiger partial charge < -0.3 is 20.6 Å². The van der Waals surface area contributed by atoms with Gasteiger partial charge in [0.1, 0.15) is 17.7 Å². The van der Waals surface area contributed by atoms with Crippen LogP contribution in [0.3, 0.4) is 0 Å². The fraction of sp³-hybridized carbons (Fsp3) is 0.345. The van der Waals surface area contributed by atoms with Crippen molar-refractivity contribution in [2.24, 2.45) is 5.73 Å². The molecule has 1 aromatic carbocycles. The third-order valence-corrected chi connectivity index (χ3v) is 7.44. The van der Waals surface area contributed by atoms with Crippen LogP contribution in [0.25, 0.3) is 16.6 Å². The zero-order valence-corrected chi connectivity index (χ0v) is 23.3. The van der Waals surface area contributed by atoms with E-state index in [9.17, 15) is 9.50 Å². The van der Waals surface area contributed by atoms with Crippen LogP contribution >= 0.6 is 0 Å². The smallest absolute Gasteiger partial charge is 0.225 e. The Hall–Kier alpha value is -4.42. The molecule has 6 rings (SSSR count). The van der Waals surface area contributed by atoms with E-state index in [1.165, 1.54) is 12.1 Å². The first-order chi connectivity index (χ1) is 19.6. The quantitative estimate of drug-likeness (QED) is 0.311. The average molecular weight is 557 g/mol. The molecule has 11 nitrogen and oxygen atoms in total. The Labute approximate surface area is 237 Å². The van der Waals surface area contributed by atoms with E-state index in [-0.39, 0.29) is 5.82 Å². The first-order valence-electron chi connectivity index (χ1n) is 13.5. The molecule has 0 amide bonds. The molecule has 4 aromatic heterocycles. The lowest BCUT2D eigenvalue weighted by molar-refractivity contribution is 0.0577. The number of rotatable bonds is 7. The molecule has 0 spiro atoms. The maximum absolute atomic E-state index is 13.4. The Kier molecular flexibility index (Phi) is 6.66. The molecule has 0 radical (unpaired) electrons. The third-order valence-electron chi connectivity index (χ3n) is 7.44. The summed E-state index contributed by atoms with van der Waals surface area (Å²) in [5.41, 5.74) is 9.27. The van der Waals surface area contributed by atoms with Crippen LogP contribution in [0.4, 0.5) is 16.2 Å². The van der Waals surface area contributed by atoms with E-state index in [1.807, 2.05) is 23.8 Å². The lowest BCUT2D eigenvalue weighted by Crippen LogP contribution is -2.47. The minimum atomic E-state index is -0.850. The Bertz CT molecular complexity index is 1650. The third kappa shape index (κ3) is 5.48. The summed E-state index contributed by atoms with van der Waals surface area (Å²) in [5, 5.41) is 18.9. The van der Waals surface area contributed by atoms with Crippen LogP contribution in [0.5, 0.6) is 0 Å². The molecule has 1 aliphatic rings. The summed E-state index contributed by atoms with van der Waals surface area (Å²) in [6, 6.07) is 8.25. The highest BCUT2D eigenvalue weighted by molar-refractivity contribution is 5.77. The summed E-state index contributed by atoms with van der Waals surface area (Å²) in [5.74, 6) is 1.21. The van der Waals surface area contributed by atoms with Crippen LogP contribution in [0, 0.1) is 5.82 Å². The van der Waals surface area contributed by atoms with Crippen molar-refractivity contribution in [3.8, 4) is 11.1 Å². The molecule has 0 unspecified atom stereocenters. The number of hydrogen-bond donors (Lipinski definition) is 2. The monoisotopic (exact) mass is 556 g/mol. The lowest BCUT2D eigenvalue weighted by atomic mass is 9.87. The van der Waals surface area contributed by atoms with Crippen molar-refractivity contribution in [2.45, 2.75) is 38.5 Å². The predicted octanol–water partition coefficient (Wildman–Crippen LogP) is 2.84. The summed E-state index contributed by atoms with van der Waals surface area (Å²) in [6.07, 6.45) is 10.8. The van der Waals surface area contributed by atoms with E-state index in [2.05, 4.69) is 41.0 Å². The normalized spacial score (nSPS) is 15.9. The van der Waals surface area contributed by atoms with Gasteiger partial charge in [-0.15, -0.1) is 0 Å².